The first kappa shape index (κ1) is 17.2. The topological polar surface area (TPSA) is 18.5 Å². The molecule has 0 bridgehead atoms. The van der Waals surface area contributed by atoms with Gasteiger partial charge >= 0.3 is 0 Å². The van der Waals surface area contributed by atoms with Crippen LogP contribution in [0.1, 0.15) is 65.7 Å². The van der Waals surface area contributed by atoms with Crippen LogP contribution in [0.25, 0.3) is 0 Å². The van der Waals surface area contributed by atoms with Crippen molar-refractivity contribution in [1.29, 1.82) is 0 Å². The standard InChI is InChI=1S/C22H31IO2/c1-14-12-15-16-4-5-19(23)21(16,3)7-6-17(15)20(2)8-9-22(13-18(14)20)24-10-11-25-22/h5,15-17H,4,6-13H2,1-3H3/t15-,16-,17-,20+,21-/m0/s1. The highest BCUT2D eigenvalue weighted by atomic mass is 127. The van der Waals surface area contributed by atoms with Gasteiger partial charge in [-0.2, -0.15) is 0 Å². The largest absolute Gasteiger partial charge is 0.347 e. The summed E-state index contributed by atoms with van der Waals surface area (Å²) in [5.74, 6) is 2.31. The average molecular weight is 454 g/mol. The minimum Gasteiger partial charge on any atom is -0.347 e. The van der Waals surface area contributed by atoms with Gasteiger partial charge in [-0.25, -0.2) is 0 Å². The Hall–Kier alpha value is 0.130. The maximum atomic E-state index is 6.09. The number of fused-ring (bicyclic) bond motifs is 5. The van der Waals surface area contributed by atoms with Crippen molar-refractivity contribution in [2.75, 3.05) is 13.2 Å². The van der Waals surface area contributed by atoms with E-state index in [0.29, 0.717) is 10.8 Å². The second kappa shape index (κ2) is 5.57. The molecule has 0 radical (unpaired) electrons. The molecule has 1 heterocycles. The van der Waals surface area contributed by atoms with E-state index in [1.54, 1.807) is 14.7 Å². The van der Waals surface area contributed by atoms with Gasteiger partial charge in [0.05, 0.1) is 13.2 Å². The summed E-state index contributed by atoms with van der Waals surface area (Å²) >= 11 is 2.63. The quantitative estimate of drug-likeness (QED) is 0.330. The lowest BCUT2D eigenvalue weighted by Gasteiger charge is -2.59. The summed E-state index contributed by atoms with van der Waals surface area (Å²) in [7, 11) is 0. The van der Waals surface area contributed by atoms with E-state index >= 15 is 0 Å². The third-order valence-electron chi connectivity index (χ3n) is 8.77. The molecule has 1 saturated heterocycles. The number of hydrogen-bond donors (Lipinski definition) is 0. The molecule has 0 aromatic heterocycles. The molecule has 1 spiro atoms. The van der Waals surface area contributed by atoms with Crippen molar-refractivity contribution >= 4 is 22.6 Å². The molecule has 2 nitrogen and oxygen atoms in total. The molecule has 138 valence electrons. The fourth-order valence-corrected chi connectivity index (χ4v) is 8.23. The van der Waals surface area contributed by atoms with Gasteiger partial charge < -0.3 is 9.47 Å². The summed E-state index contributed by atoms with van der Waals surface area (Å²) in [6.07, 6.45) is 11.3. The zero-order valence-electron chi connectivity index (χ0n) is 15.9. The second-order valence-electron chi connectivity index (χ2n) is 9.79. The van der Waals surface area contributed by atoms with E-state index in [1.165, 1.54) is 32.1 Å². The lowest BCUT2D eigenvalue weighted by Crippen LogP contribution is -2.52. The fourth-order valence-electron chi connectivity index (χ4n) is 7.31. The molecule has 2 saturated carbocycles. The van der Waals surface area contributed by atoms with Gasteiger partial charge in [-0.3, -0.25) is 0 Å². The lowest BCUT2D eigenvalue weighted by atomic mass is 9.47. The van der Waals surface area contributed by atoms with E-state index in [-0.39, 0.29) is 5.79 Å². The first-order chi connectivity index (χ1) is 11.9. The van der Waals surface area contributed by atoms with Crippen molar-refractivity contribution in [3.05, 3.63) is 20.8 Å². The predicted molar refractivity (Wildman–Crippen MR) is 108 cm³/mol. The highest BCUT2D eigenvalue weighted by Gasteiger charge is 2.59. The molecule has 5 aliphatic rings. The zero-order valence-corrected chi connectivity index (χ0v) is 18.0. The smallest absolute Gasteiger partial charge is 0.172 e. The third kappa shape index (κ3) is 2.27. The van der Waals surface area contributed by atoms with Crippen LogP contribution in [0.2, 0.25) is 0 Å². The van der Waals surface area contributed by atoms with Gasteiger partial charge in [0.2, 0.25) is 0 Å². The van der Waals surface area contributed by atoms with Crippen LogP contribution in [0.15, 0.2) is 20.8 Å². The van der Waals surface area contributed by atoms with Crippen LogP contribution in [-0.2, 0) is 9.47 Å². The number of hydrogen-bond acceptors (Lipinski definition) is 2. The van der Waals surface area contributed by atoms with Gasteiger partial charge in [-0.05, 0) is 88.4 Å². The highest BCUT2D eigenvalue weighted by molar-refractivity contribution is 14.1. The van der Waals surface area contributed by atoms with E-state index in [4.69, 9.17) is 9.47 Å². The molecule has 3 fully saturated rings. The molecule has 25 heavy (non-hydrogen) atoms. The molecule has 5 atom stereocenters. The second-order valence-corrected chi connectivity index (χ2v) is 10.9. The Kier molecular flexibility index (Phi) is 3.84. The molecule has 0 N–H and O–H groups in total. The SMILES string of the molecule is CC1=C2CC3(CC[C@]2(C)[C@H]2CC[C@]4(C)C(I)=CC[C@H]4[C@@H]2C1)OCCO3. The van der Waals surface area contributed by atoms with Crippen LogP contribution in [0.3, 0.4) is 0 Å². The zero-order chi connectivity index (χ0) is 17.4. The van der Waals surface area contributed by atoms with Crippen molar-refractivity contribution in [1.82, 2.24) is 0 Å². The lowest BCUT2D eigenvalue weighted by molar-refractivity contribution is -0.185. The Labute approximate surface area is 165 Å². The molecule has 5 rings (SSSR count). The summed E-state index contributed by atoms with van der Waals surface area (Å²) in [4.78, 5) is 0. The summed E-state index contributed by atoms with van der Waals surface area (Å²) in [6, 6.07) is 0. The van der Waals surface area contributed by atoms with Crippen LogP contribution in [0.5, 0.6) is 0 Å². The molecule has 3 heteroatoms. The molecule has 4 aliphatic carbocycles. The number of ether oxygens (including phenoxy) is 2. The first-order valence-corrected chi connectivity index (χ1v) is 11.3. The van der Waals surface area contributed by atoms with Gasteiger partial charge in [0.1, 0.15) is 0 Å². The van der Waals surface area contributed by atoms with Crippen molar-refractivity contribution in [2.24, 2.45) is 28.6 Å². The van der Waals surface area contributed by atoms with Gasteiger partial charge in [0, 0.05) is 18.3 Å². The van der Waals surface area contributed by atoms with Crippen LogP contribution >= 0.6 is 22.6 Å². The highest BCUT2D eigenvalue weighted by Crippen LogP contribution is 2.67. The Morgan fingerprint density at radius 1 is 1.04 bits per heavy atom. The molecular weight excluding hydrogens is 423 g/mol. The average Bonchev–Trinajstić information content (AvgIpc) is 3.15. The van der Waals surface area contributed by atoms with Crippen molar-refractivity contribution in [3.63, 3.8) is 0 Å². The van der Waals surface area contributed by atoms with Gasteiger partial charge in [0.25, 0.3) is 0 Å². The minimum absolute atomic E-state index is 0.281. The first-order valence-electron chi connectivity index (χ1n) is 10.2. The van der Waals surface area contributed by atoms with E-state index < -0.39 is 0 Å². The molecule has 1 aliphatic heterocycles. The van der Waals surface area contributed by atoms with Crippen molar-refractivity contribution in [2.45, 2.75) is 71.5 Å². The Morgan fingerprint density at radius 2 is 1.80 bits per heavy atom. The van der Waals surface area contributed by atoms with Crippen LogP contribution < -0.4 is 0 Å². The molecule has 0 aromatic carbocycles. The number of rotatable bonds is 0. The van der Waals surface area contributed by atoms with Crippen molar-refractivity contribution < 1.29 is 9.47 Å². The Bertz CT molecular complexity index is 659. The third-order valence-corrected chi connectivity index (χ3v) is 10.4. The maximum Gasteiger partial charge on any atom is 0.172 e. The summed E-state index contributed by atoms with van der Waals surface area (Å²) in [6.45, 7) is 9.10. The summed E-state index contributed by atoms with van der Waals surface area (Å²) in [5, 5.41) is 0. The van der Waals surface area contributed by atoms with Gasteiger partial charge in [-0.15, -0.1) is 0 Å². The maximum absolute atomic E-state index is 6.09. The van der Waals surface area contributed by atoms with E-state index in [9.17, 15) is 0 Å². The molecule has 0 amide bonds. The molecule has 0 unspecified atom stereocenters. The van der Waals surface area contributed by atoms with Crippen LogP contribution in [0.4, 0.5) is 0 Å². The summed E-state index contributed by atoms with van der Waals surface area (Å²) < 4.78 is 13.8. The van der Waals surface area contributed by atoms with Crippen molar-refractivity contribution in [3.8, 4) is 0 Å². The minimum atomic E-state index is -0.281. The summed E-state index contributed by atoms with van der Waals surface area (Å²) in [5.41, 5.74) is 4.20. The normalized spacial score (nSPS) is 48.2. The Balaban J connectivity index is 1.51. The van der Waals surface area contributed by atoms with Gasteiger partial charge in [0.15, 0.2) is 5.79 Å². The predicted octanol–water partition coefficient (Wildman–Crippen LogP) is 6.01. The Morgan fingerprint density at radius 3 is 2.56 bits per heavy atom. The monoisotopic (exact) mass is 454 g/mol. The molecular formula is C22H31IO2. The van der Waals surface area contributed by atoms with Crippen LogP contribution in [0, 0.1) is 28.6 Å². The van der Waals surface area contributed by atoms with E-state index in [0.717, 1.165) is 43.8 Å². The number of allylic oxidation sites excluding steroid dienone is 3. The van der Waals surface area contributed by atoms with Crippen LogP contribution in [-0.4, -0.2) is 19.0 Å². The van der Waals surface area contributed by atoms with E-state index in [2.05, 4.69) is 49.4 Å². The van der Waals surface area contributed by atoms with E-state index in [1.807, 2.05) is 0 Å². The fraction of sp³-hybridized carbons (Fsp3) is 0.818. The molecule has 0 aromatic rings. The van der Waals surface area contributed by atoms with Gasteiger partial charge in [-0.1, -0.05) is 31.1 Å². The number of halogens is 1.